The Kier molecular flexibility index (Phi) is 4.48. The maximum absolute atomic E-state index is 12.1. The molecule has 0 aromatic heterocycles. The van der Waals surface area contributed by atoms with Crippen LogP contribution in [0, 0.1) is 0 Å². The number of nitrogens with zero attached hydrogens (tertiary/aromatic N) is 1. The van der Waals surface area contributed by atoms with Gasteiger partial charge < -0.3 is 15.3 Å². The molecule has 22 heavy (non-hydrogen) atoms. The Morgan fingerprint density at radius 2 is 2.00 bits per heavy atom. The molecule has 0 unspecified atom stereocenters. The molecule has 3 N–H and O–H groups in total. The predicted molar refractivity (Wildman–Crippen MR) is 82.6 cm³/mol. The maximum Gasteiger partial charge on any atom is 0.339 e. The SMILES string of the molecule is O=C(O)CN1C(=O)C(=Cc2ccc(O)c(C(=O)O)c2)SC1=S. The first kappa shape index (κ1) is 16.0. The molecule has 1 aromatic rings. The van der Waals surface area contributed by atoms with E-state index in [1.165, 1.54) is 24.3 Å². The first-order valence-corrected chi connectivity index (χ1v) is 7.05. The summed E-state index contributed by atoms with van der Waals surface area (Å²) in [6.07, 6.45) is 1.40. The number of carbonyl (C=O) groups excluding carboxylic acids is 1. The standard InChI is InChI=1S/C13H9NO6S2/c15-8-2-1-6(3-7(8)12(19)20)4-9-11(18)14(5-10(16)17)13(21)22-9/h1-4,15H,5H2,(H,16,17)(H,19,20). The fourth-order valence-corrected chi connectivity index (χ4v) is 2.99. The van der Waals surface area contributed by atoms with Crippen LogP contribution in [0.15, 0.2) is 23.1 Å². The van der Waals surface area contributed by atoms with E-state index in [2.05, 4.69) is 0 Å². The Hall–Kier alpha value is -2.39. The zero-order valence-corrected chi connectivity index (χ0v) is 12.5. The molecule has 1 saturated heterocycles. The van der Waals surface area contributed by atoms with Gasteiger partial charge in [-0.3, -0.25) is 14.5 Å². The molecule has 1 fully saturated rings. The lowest BCUT2D eigenvalue weighted by molar-refractivity contribution is -0.140. The van der Waals surface area contributed by atoms with E-state index in [1.807, 2.05) is 0 Å². The lowest BCUT2D eigenvalue weighted by Gasteiger charge is -2.10. The minimum absolute atomic E-state index is 0.121. The summed E-state index contributed by atoms with van der Waals surface area (Å²) in [6.45, 7) is -0.530. The van der Waals surface area contributed by atoms with Crippen LogP contribution in [0.3, 0.4) is 0 Å². The summed E-state index contributed by atoms with van der Waals surface area (Å²) < 4.78 is 0.121. The minimum atomic E-state index is -1.30. The monoisotopic (exact) mass is 339 g/mol. The molecule has 1 amide bonds. The van der Waals surface area contributed by atoms with Gasteiger partial charge in [-0.25, -0.2) is 4.79 Å². The number of aliphatic carboxylic acids is 1. The number of carboxylic acids is 2. The van der Waals surface area contributed by atoms with Crippen LogP contribution in [0.1, 0.15) is 15.9 Å². The number of aromatic hydroxyl groups is 1. The highest BCUT2D eigenvalue weighted by Gasteiger charge is 2.33. The van der Waals surface area contributed by atoms with Crippen molar-refractivity contribution in [2.24, 2.45) is 0 Å². The fraction of sp³-hybridized carbons (Fsp3) is 0.0769. The molecule has 1 aliphatic rings. The number of rotatable bonds is 4. The van der Waals surface area contributed by atoms with E-state index in [-0.39, 0.29) is 20.5 Å². The van der Waals surface area contributed by atoms with Crippen molar-refractivity contribution < 1.29 is 29.7 Å². The van der Waals surface area contributed by atoms with Crippen LogP contribution in [0.2, 0.25) is 0 Å². The Balaban J connectivity index is 2.33. The van der Waals surface area contributed by atoms with E-state index < -0.39 is 24.4 Å². The zero-order valence-electron chi connectivity index (χ0n) is 10.8. The van der Waals surface area contributed by atoms with Gasteiger partial charge in [-0.05, 0) is 23.8 Å². The Morgan fingerprint density at radius 1 is 1.32 bits per heavy atom. The molecule has 1 aliphatic heterocycles. The average molecular weight is 339 g/mol. The number of thioether (sulfide) groups is 1. The third-order valence-electron chi connectivity index (χ3n) is 2.72. The maximum atomic E-state index is 12.1. The van der Waals surface area contributed by atoms with Gasteiger partial charge in [0.05, 0.1) is 4.91 Å². The van der Waals surface area contributed by atoms with Crippen molar-refractivity contribution in [2.75, 3.05) is 6.54 Å². The van der Waals surface area contributed by atoms with E-state index in [1.54, 1.807) is 0 Å². The number of carbonyl (C=O) groups is 3. The van der Waals surface area contributed by atoms with Crippen LogP contribution in [0.5, 0.6) is 5.75 Å². The minimum Gasteiger partial charge on any atom is -0.507 e. The van der Waals surface area contributed by atoms with Gasteiger partial charge >= 0.3 is 11.9 Å². The first-order chi connectivity index (χ1) is 10.3. The molecule has 0 radical (unpaired) electrons. The molecule has 0 aliphatic carbocycles. The molecule has 0 saturated carbocycles. The third-order valence-corrected chi connectivity index (χ3v) is 4.09. The third kappa shape index (κ3) is 3.26. The van der Waals surface area contributed by atoms with E-state index >= 15 is 0 Å². The van der Waals surface area contributed by atoms with Crippen molar-refractivity contribution in [3.8, 4) is 5.75 Å². The predicted octanol–water partition coefficient (Wildman–Crippen LogP) is 1.38. The van der Waals surface area contributed by atoms with Crippen molar-refractivity contribution in [3.05, 3.63) is 34.2 Å². The fourth-order valence-electron chi connectivity index (χ4n) is 1.74. The second-order valence-electron chi connectivity index (χ2n) is 4.24. The number of carboxylic acid groups (broad SMARTS) is 2. The van der Waals surface area contributed by atoms with Gasteiger partial charge in [-0.1, -0.05) is 30.0 Å². The van der Waals surface area contributed by atoms with Crippen molar-refractivity contribution in [3.63, 3.8) is 0 Å². The van der Waals surface area contributed by atoms with Crippen molar-refractivity contribution >= 4 is 52.2 Å². The van der Waals surface area contributed by atoms with Crippen LogP contribution in [0.4, 0.5) is 0 Å². The summed E-state index contributed by atoms with van der Waals surface area (Å²) in [4.78, 5) is 34.8. The summed E-state index contributed by atoms with van der Waals surface area (Å²) in [5.41, 5.74) is 0.0841. The summed E-state index contributed by atoms with van der Waals surface area (Å²) >= 11 is 5.88. The van der Waals surface area contributed by atoms with Crippen molar-refractivity contribution in [2.45, 2.75) is 0 Å². The largest absolute Gasteiger partial charge is 0.507 e. The van der Waals surface area contributed by atoms with Crippen LogP contribution in [-0.2, 0) is 9.59 Å². The lowest BCUT2D eigenvalue weighted by atomic mass is 10.1. The van der Waals surface area contributed by atoms with Gasteiger partial charge in [0, 0.05) is 0 Å². The Morgan fingerprint density at radius 3 is 2.59 bits per heavy atom. The number of hydrogen-bond donors (Lipinski definition) is 3. The molecule has 0 spiro atoms. The summed E-state index contributed by atoms with van der Waals surface area (Å²) in [6, 6.07) is 3.85. The Labute approximate surface area is 133 Å². The van der Waals surface area contributed by atoms with E-state index in [9.17, 15) is 19.5 Å². The first-order valence-electron chi connectivity index (χ1n) is 5.83. The number of thiocarbonyl (C=S) groups is 1. The molecule has 9 heteroatoms. The number of amides is 1. The molecule has 1 aromatic carbocycles. The number of benzene rings is 1. The van der Waals surface area contributed by atoms with Gasteiger partial charge in [-0.2, -0.15) is 0 Å². The van der Waals surface area contributed by atoms with Gasteiger partial charge in [-0.15, -0.1) is 0 Å². The summed E-state index contributed by atoms with van der Waals surface area (Å²) in [7, 11) is 0. The number of phenols is 1. The summed E-state index contributed by atoms with van der Waals surface area (Å²) in [5, 5.41) is 27.1. The second-order valence-corrected chi connectivity index (χ2v) is 5.92. The smallest absolute Gasteiger partial charge is 0.339 e. The summed E-state index contributed by atoms with van der Waals surface area (Å²) in [5.74, 6) is -3.42. The lowest BCUT2D eigenvalue weighted by Crippen LogP contribution is -2.33. The van der Waals surface area contributed by atoms with Gasteiger partial charge in [0.15, 0.2) is 0 Å². The Bertz CT molecular complexity index is 727. The van der Waals surface area contributed by atoms with Crippen LogP contribution in [-0.4, -0.2) is 48.9 Å². The van der Waals surface area contributed by atoms with Gasteiger partial charge in [0.1, 0.15) is 22.2 Å². The molecule has 1 heterocycles. The normalized spacial score (nSPS) is 16.4. The van der Waals surface area contributed by atoms with E-state index in [4.69, 9.17) is 22.4 Å². The number of hydrogen-bond acceptors (Lipinski definition) is 6. The highest BCUT2D eigenvalue weighted by Crippen LogP contribution is 2.32. The molecular formula is C13H9NO6S2. The van der Waals surface area contributed by atoms with Crippen molar-refractivity contribution in [1.82, 2.24) is 4.90 Å². The highest BCUT2D eigenvalue weighted by molar-refractivity contribution is 8.26. The average Bonchev–Trinajstić information content (AvgIpc) is 2.68. The molecule has 2 rings (SSSR count). The molecule has 0 bridgehead atoms. The van der Waals surface area contributed by atoms with Gasteiger partial charge in [0.25, 0.3) is 5.91 Å². The van der Waals surface area contributed by atoms with E-state index in [0.717, 1.165) is 16.7 Å². The van der Waals surface area contributed by atoms with Gasteiger partial charge in [0.2, 0.25) is 0 Å². The zero-order chi connectivity index (χ0) is 16.4. The molecule has 0 atom stereocenters. The second kappa shape index (κ2) is 6.16. The van der Waals surface area contributed by atoms with Crippen molar-refractivity contribution in [1.29, 1.82) is 0 Å². The molecule has 7 nitrogen and oxygen atoms in total. The van der Waals surface area contributed by atoms with Crippen LogP contribution < -0.4 is 0 Å². The highest BCUT2D eigenvalue weighted by atomic mass is 32.2. The number of aromatic carboxylic acids is 1. The quantitative estimate of drug-likeness (QED) is 0.556. The topological polar surface area (TPSA) is 115 Å². The molecule has 114 valence electrons. The van der Waals surface area contributed by atoms with Crippen LogP contribution >= 0.6 is 24.0 Å². The van der Waals surface area contributed by atoms with E-state index in [0.29, 0.717) is 5.56 Å². The molecular weight excluding hydrogens is 330 g/mol. The van der Waals surface area contributed by atoms with Crippen LogP contribution in [0.25, 0.3) is 6.08 Å².